The Bertz CT molecular complexity index is 219. The van der Waals surface area contributed by atoms with E-state index < -0.39 is 0 Å². The van der Waals surface area contributed by atoms with Crippen molar-refractivity contribution in [3.63, 3.8) is 0 Å². The molecule has 1 aliphatic carbocycles. The molecule has 4 N–H and O–H groups in total. The molecule has 4 nitrogen and oxygen atoms in total. The SMILES string of the molecule is NC1(CC(=O)NC2CCNC2)CCC1. The Morgan fingerprint density at radius 1 is 1.57 bits per heavy atom. The summed E-state index contributed by atoms with van der Waals surface area (Å²) in [5.41, 5.74) is 5.82. The molecule has 2 fully saturated rings. The van der Waals surface area contributed by atoms with Crippen molar-refractivity contribution in [1.82, 2.24) is 10.6 Å². The number of nitrogens with two attached hydrogens (primary N) is 1. The highest BCUT2D eigenvalue weighted by atomic mass is 16.1. The van der Waals surface area contributed by atoms with E-state index in [-0.39, 0.29) is 11.4 Å². The van der Waals surface area contributed by atoms with Crippen LogP contribution in [-0.4, -0.2) is 30.6 Å². The zero-order valence-corrected chi connectivity index (χ0v) is 8.51. The van der Waals surface area contributed by atoms with Crippen LogP contribution >= 0.6 is 0 Å². The standard InChI is InChI=1S/C10H19N3O/c11-10(3-1-4-10)6-9(14)13-8-2-5-12-7-8/h8,12H,1-7,11H2,(H,13,14). The molecule has 2 aliphatic rings. The van der Waals surface area contributed by atoms with Gasteiger partial charge < -0.3 is 16.4 Å². The zero-order valence-electron chi connectivity index (χ0n) is 8.51. The van der Waals surface area contributed by atoms with Crippen LogP contribution < -0.4 is 16.4 Å². The quantitative estimate of drug-likeness (QED) is 0.584. The average Bonchev–Trinajstić information content (AvgIpc) is 2.53. The second kappa shape index (κ2) is 3.87. The molecule has 0 spiro atoms. The van der Waals surface area contributed by atoms with Gasteiger partial charge in [0.15, 0.2) is 0 Å². The number of rotatable bonds is 3. The normalized spacial score (nSPS) is 29.6. The van der Waals surface area contributed by atoms with Gasteiger partial charge in [-0.25, -0.2) is 0 Å². The summed E-state index contributed by atoms with van der Waals surface area (Å²) in [6.45, 7) is 1.92. The predicted octanol–water partition coefficient (Wildman–Crippen LogP) is -0.264. The van der Waals surface area contributed by atoms with Crippen LogP contribution in [0.1, 0.15) is 32.1 Å². The first-order valence-corrected chi connectivity index (χ1v) is 5.47. The van der Waals surface area contributed by atoms with Gasteiger partial charge in [0, 0.05) is 24.5 Å². The van der Waals surface area contributed by atoms with Gasteiger partial charge in [0.2, 0.25) is 5.91 Å². The number of nitrogens with one attached hydrogen (secondary N) is 2. The molecule has 4 heteroatoms. The molecule has 1 unspecified atom stereocenters. The summed E-state index contributed by atoms with van der Waals surface area (Å²) >= 11 is 0. The van der Waals surface area contributed by atoms with Crippen LogP contribution in [0.3, 0.4) is 0 Å². The molecule has 1 amide bonds. The van der Waals surface area contributed by atoms with Gasteiger partial charge in [0.05, 0.1) is 0 Å². The Hall–Kier alpha value is -0.610. The van der Waals surface area contributed by atoms with Crippen LogP contribution in [0.15, 0.2) is 0 Å². The maximum atomic E-state index is 11.6. The molecule has 80 valence electrons. The zero-order chi connectivity index (χ0) is 10.0. The minimum atomic E-state index is -0.184. The molecular formula is C10H19N3O. The van der Waals surface area contributed by atoms with Crippen LogP contribution in [0.5, 0.6) is 0 Å². The van der Waals surface area contributed by atoms with Gasteiger partial charge in [-0.1, -0.05) is 0 Å². The molecule has 0 bridgehead atoms. The third-order valence-corrected chi connectivity index (χ3v) is 3.29. The Morgan fingerprint density at radius 3 is 2.86 bits per heavy atom. The Labute approximate surface area is 84.6 Å². The number of carbonyl (C=O) groups is 1. The first-order valence-electron chi connectivity index (χ1n) is 5.47. The minimum absolute atomic E-state index is 0.126. The molecule has 1 atom stereocenters. The number of amides is 1. The molecule has 2 rings (SSSR count). The van der Waals surface area contributed by atoms with Crippen molar-refractivity contribution < 1.29 is 4.79 Å². The number of carbonyl (C=O) groups excluding carboxylic acids is 1. The largest absolute Gasteiger partial charge is 0.352 e. The lowest BCUT2D eigenvalue weighted by Crippen LogP contribution is -2.51. The van der Waals surface area contributed by atoms with E-state index >= 15 is 0 Å². The predicted molar refractivity (Wildman–Crippen MR) is 54.8 cm³/mol. The van der Waals surface area contributed by atoms with Gasteiger partial charge >= 0.3 is 0 Å². The number of hydrogen-bond donors (Lipinski definition) is 3. The maximum Gasteiger partial charge on any atom is 0.222 e. The van der Waals surface area contributed by atoms with Crippen LogP contribution in [0.4, 0.5) is 0 Å². The highest BCUT2D eigenvalue weighted by Gasteiger charge is 2.35. The first kappa shape index (κ1) is 9.93. The average molecular weight is 197 g/mol. The fourth-order valence-corrected chi connectivity index (χ4v) is 2.18. The van der Waals surface area contributed by atoms with E-state index in [9.17, 15) is 4.79 Å². The van der Waals surface area contributed by atoms with Gasteiger partial charge in [-0.3, -0.25) is 4.79 Å². The van der Waals surface area contributed by atoms with Crippen molar-refractivity contribution in [2.45, 2.75) is 43.7 Å². The van der Waals surface area contributed by atoms with E-state index in [2.05, 4.69) is 10.6 Å². The van der Waals surface area contributed by atoms with Gasteiger partial charge in [-0.15, -0.1) is 0 Å². The third kappa shape index (κ3) is 2.25. The van der Waals surface area contributed by atoms with Crippen molar-refractivity contribution in [3.05, 3.63) is 0 Å². The van der Waals surface area contributed by atoms with Gasteiger partial charge in [0.1, 0.15) is 0 Å². The molecule has 1 heterocycles. The topological polar surface area (TPSA) is 67.2 Å². The van der Waals surface area contributed by atoms with Crippen molar-refractivity contribution in [2.75, 3.05) is 13.1 Å². The van der Waals surface area contributed by atoms with Gasteiger partial charge in [-0.2, -0.15) is 0 Å². The molecule has 0 radical (unpaired) electrons. The minimum Gasteiger partial charge on any atom is -0.352 e. The molecule has 0 aromatic heterocycles. The van der Waals surface area contributed by atoms with Crippen LogP contribution in [-0.2, 0) is 4.79 Å². The van der Waals surface area contributed by atoms with E-state index in [1.807, 2.05) is 0 Å². The van der Waals surface area contributed by atoms with E-state index in [1.165, 1.54) is 6.42 Å². The smallest absolute Gasteiger partial charge is 0.222 e. The molecular weight excluding hydrogens is 178 g/mol. The van der Waals surface area contributed by atoms with Crippen LogP contribution in [0, 0.1) is 0 Å². The van der Waals surface area contributed by atoms with Crippen molar-refractivity contribution >= 4 is 5.91 Å². The summed E-state index contributed by atoms with van der Waals surface area (Å²) in [4.78, 5) is 11.6. The summed E-state index contributed by atoms with van der Waals surface area (Å²) in [6.07, 6.45) is 4.73. The first-order chi connectivity index (χ1) is 6.68. The monoisotopic (exact) mass is 197 g/mol. The number of hydrogen-bond acceptors (Lipinski definition) is 3. The molecule has 1 saturated heterocycles. The fourth-order valence-electron chi connectivity index (χ4n) is 2.18. The van der Waals surface area contributed by atoms with Crippen molar-refractivity contribution in [1.29, 1.82) is 0 Å². The summed E-state index contributed by atoms with van der Waals surface area (Å²) in [7, 11) is 0. The highest BCUT2D eigenvalue weighted by Crippen LogP contribution is 2.31. The summed E-state index contributed by atoms with van der Waals surface area (Å²) in [5.74, 6) is 0.126. The van der Waals surface area contributed by atoms with Gasteiger partial charge in [0.25, 0.3) is 0 Å². The Morgan fingerprint density at radius 2 is 2.36 bits per heavy atom. The van der Waals surface area contributed by atoms with E-state index in [4.69, 9.17) is 5.73 Å². The Balaban J connectivity index is 1.72. The van der Waals surface area contributed by atoms with Gasteiger partial charge in [-0.05, 0) is 32.2 Å². The molecule has 1 aliphatic heterocycles. The van der Waals surface area contributed by atoms with E-state index in [0.29, 0.717) is 12.5 Å². The van der Waals surface area contributed by atoms with E-state index in [0.717, 1.165) is 32.4 Å². The van der Waals surface area contributed by atoms with Crippen molar-refractivity contribution in [3.8, 4) is 0 Å². The summed E-state index contributed by atoms with van der Waals surface area (Å²) in [5, 5.41) is 6.24. The lowest BCUT2D eigenvalue weighted by molar-refractivity contribution is -0.123. The lowest BCUT2D eigenvalue weighted by atomic mass is 9.75. The van der Waals surface area contributed by atoms with E-state index in [1.54, 1.807) is 0 Å². The van der Waals surface area contributed by atoms with Crippen molar-refractivity contribution in [2.24, 2.45) is 5.73 Å². The highest BCUT2D eigenvalue weighted by molar-refractivity contribution is 5.77. The second-order valence-corrected chi connectivity index (χ2v) is 4.65. The maximum absolute atomic E-state index is 11.6. The van der Waals surface area contributed by atoms with Crippen LogP contribution in [0.25, 0.3) is 0 Å². The Kier molecular flexibility index (Phi) is 2.74. The molecule has 0 aromatic carbocycles. The molecule has 14 heavy (non-hydrogen) atoms. The van der Waals surface area contributed by atoms with Crippen LogP contribution in [0.2, 0.25) is 0 Å². The molecule has 1 saturated carbocycles. The molecule has 0 aromatic rings. The fraction of sp³-hybridized carbons (Fsp3) is 0.900. The lowest BCUT2D eigenvalue weighted by Gasteiger charge is -2.37. The second-order valence-electron chi connectivity index (χ2n) is 4.65. The summed E-state index contributed by atoms with van der Waals surface area (Å²) < 4.78 is 0. The summed E-state index contributed by atoms with van der Waals surface area (Å²) in [6, 6.07) is 0.325. The third-order valence-electron chi connectivity index (χ3n) is 3.29.